The van der Waals surface area contributed by atoms with E-state index in [1.54, 1.807) is 37.4 Å². The number of pyridine rings is 1. The molecular formula is C25H28F3N5O3. The van der Waals surface area contributed by atoms with E-state index in [-0.39, 0.29) is 11.5 Å². The summed E-state index contributed by atoms with van der Waals surface area (Å²) in [6, 6.07) is 13.4. The van der Waals surface area contributed by atoms with E-state index in [1.807, 2.05) is 12.1 Å². The Morgan fingerprint density at radius 1 is 1.03 bits per heavy atom. The van der Waals surface area contributed by atoms with Gasteiger partial charge >= 0.3 is 6.18 Å². The molecule has 4 rings (SSSR count). The van der Waals surface area contributed by atoms with Crippen molar-refractivity contribution in [2.75, 3.05) is 56.0 Å². The van der Waals surface area contributed by atoms with Gasteiger partial charge in [-0.25, -0.2) is 4.98 Å². The first-order chi connectivity index (χ1) is 17.3. The number of alkyl halides is 3. The van der Waals surface area contributed by atoms with E-state index >= 15 is 0 Å². The lowest BCUT2D eigenvalue weighted by Crippen LogP contribution is -2.36. The van der Waals surface area contributed by atoms with Crippen LogP contribution in [0.1, 0.15) is 17.4 Å². The average Bonchev–Trinajstić information content (AvgIpc) is 2.88. The maximum absolute atomic E-state index is 13.8. The number of hydrogen-bond donors (Lipinski definition) is 4. The molecule has 0 bridgehead atoms. The Kier molecular flexibility index (Phi) is 7.82. The molecule has 192 valence electrons. The van der Waals surface area contributed by atoms with Crippen LogP contribution in [0.4, 0.5) is 41.7 Å². The Labute approximate surface area is 207 Å². The minimum absolute atomic E-state index is 0.189. The highest BCUT2D eigenvalue weighted by atomic mass is 19.4. The predicted molar refractivity (Wildman–Crippen MR) is 132 cm³/mol. The Morgan fingerprint density at radius 2 is 1.78 bits per heavy atom. The van der Waals surface area contributed by atoms with Gasteiger partial charge in [-0.2, -0.15) is 13.2 Å². The summed E-state index contributed by atoms with van der Waals surface area (Å²) in [6.07, 6.45) is -4.92. The van der Waals surface area contributed by atoms with E-state index in [0.29, 0.717) is 35.9 Å². The molecule has 8 nitrogen and oxygen atoms in total. The number of ether oxygens (including phenoxy) is 2. The molecule has 1 aliphatic rings. The first kappa shape index (κ1) is 25.5. The molecule has 1 unspecified atom stereocenters. The molecular weight excluding hydrogens is 475 g/mol. The van der Waals surface area contributed by atoms with E-state index in [9.17, 15) is 18.3 Å². The first-order valence-electron chi connectivity index (χ1n) is 11.4. The molecule has 1 saturated heterocycles. The van der Waals surface area contributed by atoms with Crippen molar-refractivity contribution in [1.29, 1.82) is 0 Å². The number of halogens is 3. The summed E-state index contributed by atoms with van der Waals surface area (Å²) < 4.78 is 52.3. The Morgan fingerprint density at radius 3 is 2.47 bits per heavy atom. The molecule has 0 amide bonds. The summed E-state index contributed by atoms with van der Waals surface area (Å²) in [5.41, 5.74) is 1.10. The number of aliphatic hydroxyl groups excluding tert-OH is 1. The monoisotopic (exact) mass is 503 g/mol. The fourth-order valence-electron chi connectivity index (χ4n) is 3.94. The van der Waals surface area contributed by atoms with E-state index in [1.165, 1.54) is 13.2 Å². The molecule has 1 aromatic heterocycles. The van der Waals surface area contributed by atoms with E-state index in [0.717, 1.165) is 25.0 Å². The fraction of sp³-hybridized carbons (Fsp3) is 0.320. The number of hydrogen-bond acceptors (Lipinski definition) is 8. The van der Waals surface area contributed by atoms with Crippen molar-refractivity contribution >= 4 is 28.6 Å². The predicted octanol–water partition coefficient (Wildman–Crippen LogP) is 4.64. The molecule has 2 aromatic carbocycles. The van der Waals surface area contributed by atoms with E-state index < -0.39 is 18.0 Å². The zero-order valence-electron chi connectivity index (χ0n) is 19.9. The molecule has 3 aromatic rings. The van der Waals surface area contributed by atoms with Crippen LogP contribution >= 0.6 is 0 Å². The standard InChI is InChI=1S/C25H28F3N5O3/c1-29-24(34)17-5-3-4-6-19(17)31-21-14-23(30-15-18(21)25(26,27)28)32-20-8-7-16(13-22(20)35-2)33-9-11-36-12-10-33/h3-8,13-15,24,29,34H,9-12H2,1-2H3,(H2,30,31,32). The minimum Gasteiger partial charge on any atom is -0.494 e. The first-order valence-corrected chi connectivity index (χ1v) is 11.4. The highest BCUT2D eigenvalue weighted by molar-refractivity contribution is 5.73. The third kappa shape index (κ3) is 5.81. The van der Waals surface area contributed by atoms with Crippen LogP contribution in [0, 0.1) is 0 Å². The van der Waals surface area contributed by atoms with Gasteiger partial charge in [-0.15, -0.1) is 0 Å². The van der Waals surface area contributed by atoms with E-state index in [4.69, 9.17) is 9.47 Å². The van der Waals surface area contributed by atoms with Crippen LogP contribution in [-0.4, -0.2) is 50.6 Å². The van der Waals surface area contributed by atoms with Gasteiger partial charge in [0.2, 0.25) is 0 Å². The number of nitrogens with zero attached hydrogens (tertiary/aromatic N) is 2. The number of benzene rings is 2. The number of rotatable bonds is 8. The summed E-state index contributed by atoms with van der Waals surface area (Å²) in [6.45, 7) is 2.80. The van der Waals surface area contributed by atoms with Crippen molar-refractivity contribution in [1.82, 2.24) is 10.3 Å². The lowest BCUT2D eigenvalue weighted by atomic mass is 10.1. The molecule has 0 aliphatic carbocycles. The van der Waals surface area contributed by atoms with Crippen molar-refractivity contribution in [2.45, 2.75) is 12.4 Å². The number of aliphatic hydroxyl groups is 1. The molecule has 0 spiro atoms. The summed E-state index contributed by atoms with van der Waals surface area (Å²) in [5.74, 6) is 0.715. The van der Waals surface area contributed by atoms with Crippen molar-refractivity contribution in [3.63, 3.8) is 0 Å². The number of anilines is 5. The molecule has 1 fully saturated rings. The van der Waals surface area contributed by atoms with Crippen molar-refractivity contribution in [3.8, 4) is 5.75 Å². The Hall–Kier alpha value is -3.54. The topological polar surface area (TPSA) is 90.9 Å². The molecule has 0 saturated carbocycles. The van der Waals surface area contributed by atoms with Gasteiger partial charge in [0.25, 0.3) is 0 Å². The average molecular weight is 504 g/mol. The summed E-state index contributed by atoms with van der Waals surface area (Å²) in [5, 5.41) is 18.8. The van der Waals surface area contributed by atoms with Gasteiger partial charge in [-0.1, -0.05) is 18.2 Å². The van der Waals surface area contributed by atoms with Gasteiger partial charge in [0, 0.05) is 48.4 Å². The Balaban J connectivity index is 1.65. The van der Waals surface area contributed by atoms with Gasteiger partial charge < -0.3 is 30.1 Å². The molecule has 11 heteroatoms. The third-order valence-corrected chi connectivity index (χ3v) is 5.83. The number of para-hydroxylation sites is 1. The van der Waals surface area contributed by atoms with Crippen LogP contribution < -0.4 is 25.6 Å². The fourth-order valence-corrected chi connectivity index (χ4v) is 3.94. The lowest BCUT2D eigenvalue weighted by Gasteiger charge is -2.29. The number of morpholine rings is 1. The second-order valence-electron chi connectivity index (χ2n) is 8.13. The summed E-state index contributed by atoms with van der Waals surface area (Å²) in [7, 11) is 3.08. The Bertz CT molecular complexity index is 1190. The summed E-state index contributed by atoms with van der Waals surface area (Å²) in [4.78, 5) is 6.16. The van der Waals surface area contributed by atoms with Crippen molar-refractivity contribution in [2.24, 2.45) is 0 Å². The highest BCUT2D eigenvalue weighted by Crippen LogP contribution is 2.39. The smallest absolute Gasteiger partial charge is 0.419 e. The molecule has 0 radical (unpaired) electrons. The molecule has 1 aliphatic heterocycles. The normalized spacial score (nSPS) is 14.9. The molecule has 1 atom stereocenters. The van der Waals surface area contributed by atoms with Crippen LogP contribution in [0.3, 0.4) is 0 Å². The number of aromatic nitrogens is 1. The van der Waals surface area contributed by atoms with Gasteiger partial charge in [0.05, 0.1) is 37.3 Å². The van der Waals surface area contributed by atoms with Gasteiger partial charge in [-0.05, 0) is 25.2 Å². The van der Waals surface area contributed by atoms with Crippen molar-refractivity contribution in [3.05, 3.63) is 65.9 Å². The minimum atomic E-state index is -4.64. The summed E-state index contributed by atoms with van der Waals surface area (Å²) >= 11 is 0. The molecule has 36 heavy (non-hydrogen) atoms. The zero-order chi connectivity index (χ0) is 25.7. The second-order valence-corrected chi connectivity index (χ2v) is 8.13. The second kappa shape index (κ2) is 11.0. The lowest BCUT2D eigenvalue weighted by molar-refractivity contribution is -0.137. The molecule has 4 N–H and O–H groups in total. The van der Waals surface area contributed by atoms with Crippen LogP contribution in [-0.2, 0) is 10.9 Å². The van der Waals surface area contributed by atoms with Gasteiger partial charge in [0.1, 0.15) is 17.8 Å². The van der Waals surface area contributed by atoms with Crippen LogP contribution in [0.15, 0.2) is 54.7 Å². The third-order valence-electron chi connectivity index (χ3n) is 5.83. The van der Waals surface area contributed by atoms with Gasteiger partial charge in [0.15, 0.2) is 0 Å². The largest absolute Gasteiger partial charge is 0.494 e. The van der Waals surface area contributed by atoms with Gasteiger partial charge in [-0.3, -0.25) is 5.32 Å². The maximum atomic E-state index is 13.8. The molecule has 2 heterocycles. The van der Waals surface area contributed by atoms with Crippen LogP contribution in [0.5, 0.6) is 5.75 Å². The highest BCUT2D eigenvalue weighted by Gasteiger charge is 2.34. The van der Waals surface area contributed by atoms with Crippen LogP contribution in [0.25, 0.3) is 0 Å². The van der Waals surface area contributed by atoms with Crippen LogP contribution in [0.2, 0.25) is 0 Å². The zero-order valence-corrected chi connectivity index (χ0v) is 19.9. The van der Waals surface area contributed by atoms with Crippen molar-refractivity contribution < 1.29 is 27.8 Å². The van der Waals surface area contributed by atoms with E-state index in [2.05, 4.69) is 25.8 Å². The number of nitrogens with one attached hydrogen (secondary N) is 3. The maximum Gasteiger partial charge on any atom is 0.419 e. The SMILES string of the molecule is CNC(O)c1ccccc1Nc1cc(Nc2ccc(N3CCOCC3)cc2OC)ncc1C(F)(F)F. The number of methoxy groups -OCH3 is 1. The quantitative estimate of drug-likeness (QED) is 0.331.